The third kappa shape index (κ3) is 6.09. The Hall–Kier alpha value is -3.44. The van der Waals surface area contributed by atoms with Crippen LogP contribution in [0.1, 0.15) is 31.2 Å². The van der Waals surface area contributed by atoms with E-state index in [0.29, 0.717) is 25.9 Å². The number of aromatic amines is 1. The molecule has 4 heterocycles. The molecule has 2 aromatic rings. The van der Waals surface area contributed by atoms with E-state index < -0.39 is 23.9 Å². The molecule has 0 aliphatic carbocycles. The smallest absolute Gasteiger partial charge is 0.245 e. The quantitative estimate of drug-likeness (QED) is 0.328. The Kier molecular flexibility index (Phi) is 8.47. The number of carbonyl (C=O) groups is 4. The number of nitrogens with one attached hydrogen (secondary N) is 4. The van der Waals surface area contributed by atoms with Gasteiger partial charge in [-0.15, -0.1) is 0 Å². The zero-order valence-corrected chi connectivity index (χ0v) is 22.3. The van der Waals surface area contributed by atoms with Crippen LogP contribution in [-0.4, -0.2) is 96.3 Å². The Labute approximate surface area is 228 Å². The summed E-state index contributed by atoms with van der Waals surface area (Å²) in [5.41, 5.74) is 7.53. The molecular formula is C28H39N7O4. The van der Waals surface area contributed by atoms with E-state index in [9.17, 15) is 19.2 Å². The molecule has 0 unspecified atom stereocenters. The number of piperazine rings is 1. The molecule has 3 aliphatic rings. The molecule has 0 saturated carbocycles. The highest BCUT2D eigenvalue weighted by Gasteiger charge is 2.41. The number of carbonyl (C=O) groups excluding carboxylic acids is 4. The van der Waals surface area contributed by atoms with Crippen molar-refractivity contribution < 1.29 is 19.2 Å². The van der Waals surface area contributed by atoms with Gasteiger partial charge in [0, 0.05) is 48.4 Å². The Bertz CT molecular complexity index is 1200. The van der Waals surface area contributed by atoms with Gasteiger partial charge in [0.2, 0.25) is 23.6 Å². The summed E-state index contributed by atoms with van der Waals surface area (Å²) in [4.78, 5) is 59.7. The van der Waals surface area contributed by atoms with E-state index in [-0.39, 0.29) is 36.6 Å². The summed E-state index contributed by atoms with van der Waals surface area (Å²) in [5, 5.41) is 10.3. The van der Waals surface area contributed by atoms with E-state index in [2.05, 4.69) is 20.9 Å². The van der Waals surface area contributed by atoms with Gasteiger partial charge in [0.25, 0.3) is 0 Å². The summed E-state index contributed by atoms with van der Waals surface area (Å²) in [6, 6.07) is 5.89. The number of aromatic nitrogens is 1. The zero-order chi connectivity index (χ0) is 27.4. The monoisotopic (exact) mass is 537 g/mol. The number of benzene rings is 1. The van der Waals surface area contributed by atoms with E-state index in [0.717, 1.165) is 55.5 Å². The van der Waals surface area contributed by atoms with Crippen LogP contribution in [0, 0.1) is 11.8 Å². The molecule has 0 bridgehead atoms. The molecule has 1 aromatic carbocycles. The van der Waals surface area contributed by atoms with E-state index in [4.69, 9.17) is 5.73 Å². The summed E-state index contributed by atoms with van der Waals surface area (Å²) in [6.45, 7) is 3.92. The molecular weight excluding hydrogens is 498 g/mol. The number of fused-ring (bicyclic) bond motifs is 1. The van der Waals surface area contributed by atoms with Crippen LogP contribution in [0.5, 0.6) is 0 Å². The maximum atomic E-state index is 13.8. The van der Waals surface area contributed by atoms with Crippen molar-refractivity contribution in [2.24, 2.45) is 17.6 Å². The van der Waals surface area contributed by atoms with Crippen LogP contribution in [-0.2, 0) is 25.6 Å². The van der Waals surface area contributed by atoms with Crippen molar-refractivity contribution in [3.8, 4) is 0 Å². The number of nitrogens with zero attached hydrogens (tertiary/aromatic N) is 2. The lowest BCUT2D eigenvalue weighted by molar-refractivity contribution is -0.153. The van der Waals surface area contributed by atoms with E-state index in [1.807, 2.05) is 30.5 Å². The third-order valence-electron chi connectivity index (χ3n) is 8.41. The number of H-pyrrole nitrogens is 1. The summed E-state index contributed by atoms with van der Waals surface area (Å²) >= 11 is 0. The maximum absolute atomic E-state index is 13.8. The average Bonchev–Trinajstić information content (AvgIpc) is 3.39. The van der Waals surface area contributed by atoms with Crippen molar-refractivity contribution in [1.29, 1.82) is 0 Å². The third-order valence-corrected chi connectivity index (χ3v) is 8.41. The van der Waals surface area contributed by atoms with Gasteiger partial charge in [-0.3, -0.25) is 19.2 Å². The first-order valence-electron chi connectivity index (χ1n) is 14.1. The van der Waals surface area contributed by atoms with Crippen molar-refractivity contribution in [3.63, 3.8) is 0 Å². The minimum absolute atomic E-state index is 0.0357. The van der Waals surface area contributed by atoms with Crippen molar-refractivity contribution in [1.82, 2.24) is 30.7 Å². The largest absolute Gasteiger partial charge is 0.368 e. The summed E-state index contributed by atoms with van der Waals surface area (Å²) in [6.07, 6.45) is 4.99. The second-order valence-electron chi connectivity index (χ2n) is 10.9. The number of amides is 4. The molecule has 0 radical (unpaired) electrons. The number of rotatable bonds is 7. The van der Waals surface area contributed by atoms with Gasteiger partial charge < -0.3 is 36.5 Å². The van der Waals surface area contributed by atoms with Crippen LogP contribution >= 0.6 is 0 Å². The molecule has 210 valence electrons. The van der Waals surface area contributed by atoms with Crippen LogP contribution in [0.15, 0.2) is 30.5 Å². The molecule has 11 heteroatoms. The van der Waals surface area contributed by atoms with Gasteiger partial charge >= 0.3 is 0 Å². The summed E-state index contributed by atoms with van der Waals surface area (Å²) in [5.74, 6) is -1.37. The number of hydrogen-bond donors (Lipinski definition) is 5. The normalized spacial score (nSPS) is 22.0. The first kappa shape index (κ1) is 27.1. The Morgan fingerprint density at radius 1 is 0.923 bits per heavy atom. The fourth-order valence-corrected chi connectivity index (χ4v) is 6.11. The number of hydrogen-bond acceptors (Lipinski definition) is 6. The van der Waals surface area contributed by atoms with Gasteiger partial charge in [0.1, 0.15) is 12.1 Å². The van der Waals surface area contributed by atoms with Crippen LogP contribution in [0.3, 0.4) is 0 Å². The number of primary amides is 1. The summed E-state index contributed by atoms with van der Waals surface area (Å²) in [7, 11) is 0. The lowest BCUT2D eigenvalue weighted by Gasteiger charge is -2.43. The molecule has 11 nitrogen and oxygen atoms in total. The molecule has 3 aliphatic heterocycles. The van der Waals surface area contributed by atoms with Crippen LogP contribution in [0.2, 0.25) is 0 Å². The van der Waals surface area contributed by atoms with Crippen LogP contribution < -0.4 is 21.7 Å². The molecule has 3 saturated heterocycles. The zero-order valence-electron chi connectivity index (χ0n) is 22.3. The highest BCUT2D eigenvalue weighted by molar-refractivity contribution is 5.94. The Balaban J connectivity index is 1.34. The van der Waals surface area contributed by atoms with Gasteiger partial charge in [-0.1, -0.05) is 18.2 Å². The SMILES string of the molecule is NC(=O)[C@@H](Cc1c[nH]c2ccccc12)NC(=O)[C@H]1CN(C(=O)C2CCNCC2)CCN1C(=O)C1CCNCC1. The fourth-order valence-electron chi connectivity index (χ4n) is 6.11. The lowest BCUT2D eigenvalue weighted by atomic mass is 9.93. The van der Waals surface area contributed by atoms with Crippen molar-refractivity contribution in [3.05, 3.63) is 36.0 Å². The van der Waals surface area contributed by atoms with Crippen molar-refractivity contribution in [2.75, 3.05) is 45.8 Å². The highest BCUT2D eigenvalue weighted by atomic mass is 16.2. The number of para-hydroxylation sites is 1. The molecule has 6 N–H and O–H groups in total. The number of piperidine rings is 2. The molecule has 3 fully saturated rings. The second-order valence-corrected chi connectivity index (χ2v) is 10.9. The van der Waals surface area contributed by atoms with Gasteiger partial charge in [-0.2, -0.15) is 0 Å². The Morgan fingerprint density at radius 2 is 1.56 bits per heavy atom. The topological polar surface area (TPSA) is 153 Å². The van der Waals surface area contributed by atoms with E-state index >= 15 is 0 Å². The summed E-state index contributed by atoms with van der Waals surface area (Å²) < 4.78 is 0. The molecule has 0 spiro atoms. The van der Waals surface area contributed by atoms with Crippen LogP contribution in [0.25, 0.3) is 10.9 Å². The molecule has 5 rings (SSSR count). The fraction of sp³-hybridized carbons (Fsp3) is 0.571. The lowest BCUT2D eigenvalue weighted by Crippen LogP contribution is -2.64. The van der Waals surface area contributed by atoms with Gasteiger partial charge in [0.15, 0.2) is 0 Å². The van der Waals surface area contributed by atoms with E-state index in [1.54, 1.807) is 9.80 Å². The number of nitrogens with two attached hydrogens (primary N) is 1. The van der Waals surface area contributed by atoms with Crippen LogP contribution in [0.4, 0.5) is 0 Å². The van der Waals surface area contributed by atoms with Crippen molar-refractivity contribution >= 4 is 34.5 Å². The first-order valence-corrected chi connectivity index (χ1v) is 14.1. The minimum atomic E-state index is -0.956. The van der Waals surface area contributed by atoms with Gasteiger partial charge in [-0.25, -0.2) is 0 Å². The predicted octanol–water partition coefficient (Wildman–Crippen LogP) is -0.281. The van der Waals surface area contributed by atoms with Gasteiger partial charge in [0.05, 0.1) is 6.54 Å². The predicted molar refractivity (Wildman–Crippen MR) is 146 cm³/mol. The molecule has 39 heavy (non-hydrogen) atoms. The maximum Gasteiger partial charge on any atom is 0.245 e. The average molecular weight is 538 g/mol. The standard InChI is InChI=1S/C28H39N7O4/c29-25(36)23(15-20-16-32-22-4-2-1-3-21(20)22)33-26(37)24-17-34(27(38)18-5-9-30-10-6-18)13-14-35(24)28(39)19-7-11-31-12-8-19/h1-4,16,18-19,23-24,30-32H,5-15,17H2,(H2,29,36)(H,33,37)/t23-,24-/m1/s1. The molecule has 4 amide bonds. The first-order chi connectivity index (χ1) is 18.9. The minimum Gasteiger partial charge on any atom is -0.368 e. The van der Waals surface area contributed by atoms with E-state index in [1.165, 1.54) is 0 Å². The van der Waals surface area contributed by atoms with Crippen molar-refractivity contribution in [2.45, 2.75) is 44.2 Å². The highest BCUT2D eigenvalue weighted by Crippen LogP contribution is 2.24. The molecule has 1 aromatic heterocycles. The second kappa shape index (κ2) is 12.2. The Morgan fingerprint density at radius 3 is 2.23 bits per heavy atom. The van der Waals surface area contributed by atoms with Gasteiger partial charge in [-0.05, 0) is 63.5 Å². The molecule has 2 atom stereocenters.